The molecule has 84 valence electrons. The summed E-state index contributed by atoms with van der Waals surface area (Å²) in [4.78, 5) is 12.0. The molecule has 0 bridgehead atoms. The second kappa shape index (κ2) is 4.39. The van der Waals surface area contributed by atoms with Gasteiger partial charge < -0.3 is 5.11 Å². The molecule has 0 aliphatic rings. The van der Waals surface area contributed by atoms with E-state index in [2.05, 4.69) is 21.0 Å². The van der Waals surface area contributed by atoms with Gasteiger partial charge in [-0.05, 0) is 35.0 Å². The van der Waals surface area contributed by atoms with Crippen molar-refractivity contribution in [3.63, 3.8) is 0 Å². The van der Waals surface area contributed by atoms with E-state index in [1.54, 1.807) is 29.1 Å². The van der Waals surface area contributed by atoms with Crippen LogP contribution in [0.1, 0.15) is 20.9 Å². The summed E-state index contributed by atoms with van der Waals surface area (Å²) in [5, 5.41) is 13.1. The van der Waals surface area contributed by atoms with Crippen molar-refractivity contribution >= 4 is 33.2 Å². The van der Waals surface area contributed by atoms with Gasteiger partial charge in [0.15, 0.2) is 0 Å². The largest absolute Gasteiger partial charge is 0.478 e. The molecule has 0 fully saturated rings. The molecule has 0 atom stereocenters. The van der Waals surface area contributed by atoms with E-state index in [1.807, 2.05) is 12.1 Å². The van der Waals surface area contributed by atoms with E-state index in [9.17, 15) is 4.79 Å². The molecule has 0 aliphatic carbocycles. The molecular formula is C10H9BrN2O2S. The van der Waals surface area contributed by atoms with Crippen LogP contribution in [0.5, 0.6) is 0 Å². The normalized spacial score (nSPS) is 10.6. The molecular weight excluding hydrogens is 292 g/mol. The third-order valence-corrected chi connectivity index (χ3v) is 3.73. The first-order chi connectivity index (χ1) is 7.56. The number of carbonyl (C=O) groups is 1. The molecule has 2 aromatic heterocycles. The first-order valence-corrected chi connectivity index (χ1v) is 6.19. The monoisotopic (exact) mass is 300 g/mol. The highest BCUT2D eigenvalue weighted by Crippen LogP contribution is 2.22. The van der Waals surface area contributed by atoms with Gasteiger partial charge in [0.25, 0.3) is 0 Å². The first-order valence-electron chi connectivity index (χ1n) is 4.58. The zero-order valence-electron chi connectivity index (χ0n) is 8.48. The summed E-state index contributed by atoms with van der Waals surface area (Å²) in [5.41, 5.74) is 0.804. The fourth-order valence-corrected chi connectivity index (χ4v) is 2.88. The van der Waals surface area contributed by atoms with Crippen molar-refractivity contribution in [1.82, 2.24) is 9.78 Å². The number of hydrogen-bond donors (Lipinski definition) is 1. The fourth-order valence-electron chi connectivity index (χ4n) is 1.41. The summed E-state index contributed by atoms with van der Waals surface area (Å²) in [6, 6.07) is 3.96. The average Bonchev–Trinajstić information content (AvgIpc) is 2.73. The Bertz CT molecular complexity index is 533. The molecule has 0 aromatic carbocycles. The molecule has 0 aliphatic heterocycles. The predicted molar refractivity (Wildman–Crippen MR) is 65.0 cm³/mol. The molecule has 0 amide bonds. The summed E-state index contributed by atoms with van der Waals surface area (Å²) in [5.74, 6) is -0.934. The Kier molecular flexibility index (Phi) is 3.11. The number of halogens is 1. The van der Waals surface area contributed by atoms with Gasteiger partial charge in [0.05, 0.1) is 16.0 Å². The Morgan fingerprint density at radius 2 is 2.38 bits per heavy atom. The van der Waals surface area contributed by atoms with E-state index in [0.29, 0.717) is 12.2 Å². The van der Waals surface area contributed by atoms with Crippen molar-refractivity contribution in [3.05, 3.63) is 38.3 Å². The maximum atomic E-state index is 10.8. The highest BCUT2D eigenvalue weighted by atomic mass is 79.9. The smallest absolute Gasteiger partial charge is 0.339 e. The van der Waals surface area contributed by atoms with Gasteiger partial charge in [-0.3, -0.25) is 4.68 Å². The molecule has 1 N–H and O–H groups in total. The van der Waals surface area contributed by atoms with Crippen LogP contribution < -0.4 is 0 Å². The highest BCUT2D eigenvalue weighted by Gasteiger charge is 2.12. The zero-order chi connectivity index (χ0) is 11.7. The van der Waals surface area contributed by atoms with Crippen molar-refractivity contribution in [2.24, 2.45) is 0 Å². The summed E-state index contributed by atoms with van der Waals surface area (Å²) < 4.78 is 2.71. The van der Waals surface area contributed by atoms with Crippen LogP contribution in [0.25, 0.3) is 0 Å². The lowest BCUT2D eigenvalue weighted by molar-refractivity contribution is 0.0696. The molecule has 2 rings (SSSR count). The number of rotatable bonds is 3. The summed E-state index contributed by atoms with van der Waals surface area (Å²) >= 11 is 5.00. The van der Waals surface area contributed by atoms with Gasteiger partial charge >= 0.3 is 5.97 Å². The quantitative estimate of drug-likeness (QED) is 0.948. The highest BCUT2D eigenvalue weighted by molar-refractivity contribution is 9.11. The minimum Gasteiger partial charge on any atom is -0.478 e. The van der Waals surface area contributed by atoms with Crippen molar-refractivity contribution < 1.29 is 9.90 Å². The van der Waals surface area contributed by atoms with E-state index in [4.69, 9.17) is 5.11 Å². The number of aryl methyl sites for hydroxylation is 1. The number of hydrogen-bond acceptors (Lipinski definition) is 3. The van der Waals surface area contributed by atoms with Crippen LogP contribution >= 0.6 is 27.3 Å². The number of aromatic carboxylic acids is 1. The molecule has 0 saturated heterocycles. The van der Waals surface area contributed by atoms with Crippen LogP contribution in [0, 0.1) is 6.92 Å². The van der Waals surface area contributed by atoms with Crippen LogP contribution in [0.3, 0.4) is 0 Å². The van der Waals surface area contributed by atoms with Gasteiger partial charge in [0.2, 0.25) is 0 Å². The third-order valence-electron chi connectivity index (χ3n) is 2.12. The Hall–Kier alpha value is -1.14. The molecule has 16 heavy (non-hydrogen) atoms. The maximum Gasteiger partial charge on any atom is 0.339 e. The van der Waals surface area contributed by atoms with E-state index in [0.717, 1.165) is 8.66 Å². The Morgan fingerprint density at radius 3 is 2.88 bits per heavy atom. The molecule has 4 nitrogen and oxygen atoms in total. The summed E-state index contributed by atoms with van der Waals surface area (Å²) in [6.07, 6.45) is 1.56. The van der Waals surface area contributed by atoms with Gasteiger partial charge in [0.1, 0.15) is 5.56 Å². The standard InChI is InChI=1S/C10H9BrN2O2S/c1-6-8(10(14)15)5-13(12-6)4-7-2-3-9(11)16-7/h2-3,5H,4H2,1H3,(H,14,15). The molecule has 0 saturated carbocycles. The first kappa shape index (κ1) is 11.3. The van der Waals surface area contributed by atoms with Crippen molar-refractivity contribution in [3.8, 4) is 0 Å². The van der Waals surface area contributed by atoms with Crippen molar-refractivity contribution in [2.75, 3.05) is 0 Å². The third kappa shape index (κ3) is 2.33. The van der Waals surface area contributed by atoms with E-state index in [1.165, 1.54) is 0 Å². The van der Waals surface area contributed by atoms with Crippen molar-refractivity contribution in [1.29, 1.82) is 0 Å². The predicted octanol–water partition coefficient (Wildman–Crippen LogP) is 2.76. The van der Waals surface area contributed by atoms with Crippen LogP contribution in [0.2, 0.25) is 0 Å². The lowest BCUT2D eigenvalue weighted by atomic mass is 10.3. The minimum absolute atomic E-state index is 0.260. The molecule has 0 spiro atoms. The Morgan fingerprint density at radius 1 is 1.62 bits per heavy atom. The summed E-state index contributed by atoms with van der Waals surface area (Å²) in [7, 11) is 0. The van der Waals surface area contributed by atoms with E-state index < -0.39 is 5.97 Å². The molecule has 0 unspecified atom stereocenters. The number of carboxylic acid groups (broad SMARTS) is 1. The van der Waals surface area contributed by atoms with Gasteiger partial charge in [-0.25, -0.2) is 4.79 Å². The second-order valence-corrected chi connectivity index (χ2v) is 5.88. The van der Waals surface area contributed by atoms with Crippen molar-refractivity contribution in [2.45, 2.75) is 13.5 Å². The average molecular weight is 301 g/mol. The van der Waals surface area contributed by atoms with Gasteiger partial charge in [-0.15, -0.1) is 11.3 Å². The van der Waals surface area contributed by atoms with Gasteiger partial charge in [0, 0.05) is 11.1 Å². The number of nitrogens with zero attached hydrogens (tertiary/aromatic N) is 2. The summed E-state index contributed by atoms with van der Waals surface area (Å²) in [6.45, 7) is 2.30. The van der Waals surface area contributed by atoms with Crippen LogP contribution in [-0.4, -0.2) is 20.9 Å². The van der Waals surface area contributed by atoms with E-state index in [-0.39, 0.29) is 5.56 Å². The zero-order valence-corrected chi connectivity index (χ0v) is 10.9. The van der Waals surface area contributed by atoms with Gasteiger partial charge in [-0.1, -0.05) is 0 Å². The molecule has 2 aromatic rings. The van der Waals surface area contributed by atoms with Gasteiger partial charge in [-0.2, -0.15) is 5.10 Å². The maximum absolute atomic E-state index is 10.8. The van der Waals surface area contributed by atoms with Crippen LogP contribution in [0.4, 0.5) is 0 Å². The number of aromatic nitrogens is 2. The molecule has 6 heteroatoms. The molecule has 0 radical (unpaired) electrons. The van der Waals surface area contributed by atoms with Crippen LogP contribution in [0.15, 0.2) is 22.1 Å². The van der Waals surface area contributed by atoms with Crippen LogP contribution in [-0.2, 0) is 6.54 Å². The van der Waals surface area contributed by atoms with E-state index >= 15 is 0 Å². The molecule has 2 heterocycles. The SMILES string of the molecule is Cc1nn(Cc2ccc(Br)s2)cc1C(=O)O. The Balaban J connectivity index is 2.22. The number of carboxylic acids is 1. The lowest BCUT2D eigenvalue weighted by Crippen LogP contribution is -1.98. The number of thiophene rings is 1. The second-order valence-electron chi connectivity index (χ2n) is 3.34. The fraction of sp³-hybridized carbons (Fsp3) is 0.200. The lowest BCUT2D eigenvalue weighted by Gasteiger charge is -1.96. The Labute approximate surface area is 105 Å². The topological polar surface area (TPSA) is 55.1 Å². The minimum atomic E-state index is -0.934.